The van der Waals surface area contributed by atoms with Gasteiger partial charge in [-0.25, -0.2) is 24.5 Å². The smallest absolute Gasteiger partial charge is 0.437 e. The number of carbonyl (C=O) groups excluding carboxylic acids is 2. The molecule has 0 aliphatic carbocycles. The van der Waals surface area contributed by atoms with Crippen LogP contribution in [0.5, 0.6) is 0 Å². The van der Waals surface area contributed by atoms with Gasteiger partial charge in [0.05, 0.1) is 35.8 Å². The first kappa shape index (κ1) is 36.2. The second-order valence-corrected chi connectivity index (χ2v) is 14.4. The van der Waals surface area contributed by atoms with Crippen LogP contribution in [0.25, 0.3) is 11.0 Å². The molecule has 0 saturated carbocycles. The molecule has 15 heteroatoms. The summed E-state index contributed by atoms with van der Waals surface area (Å²) < 4.78 is 19.5. The number of hydrogen-bond acceptors (Lipinski definition) is 12. The van der Waals surface area contributed by atoms with Gasteiger partial charge in [0.15, 0.2) is 5.65 Å². The average Bonchev–Trinajstić information content (AvgIpc) is 3.85. The summed E-state index contributed by atoms with van der Waals surface area (Å²) in [6, 6.07) is 23.6. The van der Waals surface area contributed by atoms with Crippen molar-refractivity contribution in [2.75, 3.05) is 36.9 Å². The van der Waals surface area contributed by atoms with Crippen LogP contribution in [0.2, 0.25) is 0 Å². The summed E-state index contributed by atoms with van der Waals surface area (Å²) in [6.45, 7) is 6.25. The number of pyridine rings is 2. The van der Waals surface area contributed by atoms with Crippen molar-refractivity contribution >= 4 is 46.4 Å². The molecule has 2 aliphatic rings. The van der Waals surface area contributed by atoms with Crippen molar-refractivity contribution in [3.63, 3.8) is 0 Å². The number of ether oxygens (including phenoxy) is 3. The Morgan fingerprint density at radius 2 is 1.76 bits per heavy atom. The molecule has 5 aromatic rings. The highest BCUT2D eigenvalue weighted by atomic mass is 16.6. The minimum absolute atomic E-state index is 0.184. The number of hydrogen-bond donors (Lipinski definition) is 3. The van der Waals surface area contributed by atoms with E-state index in [2.05, 4.69) is 20.6 Å². The van der Waals surface area contributed by atoms with Crippen molar-refractivity contribution in [2.24, 2.45) is 12.0 Å². The average molecular weight is 735 g/mol. The van der Waals surface area contributed by atoms with Gasteiger partial charge in [0.25, 0.3) is 5.56 Å². The van der Waals surface area contributed by atoms with Crippen LogP contribution in [-0.2, 0) is 27.9 Å². The van der Waals surface area contributed by atoms with E-state index in [4.69, 9.17) is 19.2 Å². The number of aromatic nitrogens is 4. The molecule has 0 radical (unpaired) electrons. The Bertz CT molecular complexity index is 2270. The SMILES string of the molecule is Cn1c2nc(Nc3cc(N[C@H](CO)c4ccccc4)c(C4=NC5(CCN(C(=O)OCc6ccccc6)C5)CO4)cn3)ccc2c(=O)n1C(=O)OC(C)(C)C. The second-order valence-electron chi connectivity index (χ2n) is 14.4. The molecule has 0 bridgehead atoms. The summed E-state index contributed by atoms with van der Waals surface area (Å²) in [5, 5.41) is 17.3. The molecule has 2 atom stereocenters. The largest absolute Gasteiger partial charge is 0.475 e. The molecule has 1 unspecified atom stereocenters. The number of rotatable bonds is 9. The van der Waals surface area contributed by atoms with Crippen molar-refractivity contribution in [2.45, 2.75) is 51.0 Å². The zero-order valence-corrected chi connectivity index (χ0v) is 30.5. The lowest BCUT2D eigenvalue weighted by Crippen LogP contribution is -2.36. The fourth-order valence-electron chi connectivity index (χ4n) is 6.49. The third-order valence-electron chi connectivity index (χ3n) is 9.19. The predicted molar refractivity (Wildman–Crippen MR) is 202 cm³/mol. The molecule has 7 rings (SSSR count). The zero-order chi connectivity index (χ0) is 38.0. The number of aliphatic imine (C=N–C) groups is 1. The molecule has 3 N–H and O–H groups in total. The molecule has 280 valence electrons. The van der Waals surface area contributed by atoms with E-state index in [1.807, 2.05) is 60.7 Å². The lowest BCUT2D eigenvalue weighted by atomic mass is 10.0. The molecule has 2 aliphatic heterocycles. The fourth-order valence-corrected chi connectivity index (χ4v) is 6.49. The highest BCUT2D eigenvalue weighted by Crippen LogP contribution is 2.35. The van der Waals surface area contributed by atoms with E-state index < -0.39 is 34.9 Å². The zero-order valence-electron chi connectivity index (χ0n) is 30.5. The molecule has 2 aromatic carbocycles. The maximum atomic E-state index is 13.1. The third-order valence-corrected chi connectivity index (χ3v) is 9.19. The van der Waals surface area contributed by atoms with Gasteiger partial charge in [0, 0.05) is 25.9 Å². The van der Waals surface area contributed by atoms with Crippen molar-refractivity contribution in [3.05, 3.63) is 112 Å². The van der Waals surface area contributed by atoms with Crippen LogP contribution in [0.1, 0.15) is 49.9 Å². The van der Waals surface area contributed by atoms with Gasteiger partial charge in [0.1, 0.15) is 36.0 Å². The summed E-state index contributed by atoms with van der Waals surface area (Å²) in [7, 11) is 1.56. The molecule has 1 amide bonds. The van der Waals surface area contributed by atoms with Crippen molar-refractivity contribution in [1.82, 2.24) is 24.2 Å². The highest BCUT2D eigenvalue weighted by molar-refractivity contribution is 6.01. The number of fused-ring (bicyclic) bond motifs is 1. The summed E-state index contributed by atoms with van der Waals surface area (Å²) in [5.41, 5.74) is 1.20. The van der Waals surface area contributed by atoms with Gasteiger partial charge in [-0.15, -0.1) is 4.68 Å². The minimum Gasteiger partial charge on any atom is -0.475 e. The molecular weight excluding hydrogens is 692 g/mol. The summed E-state index contributed by atoms with van der Waals surface area (Å²) >= 11 is 0. The van der Waals surface area contributed by atoms with Crippen molar-refractivity contribution in [1.29, 1.82) is 0 Å². The molecule has 1 fully saturated rings. The predicted octanol–water partition coefficient (Wildman–Crippen LogP) is 5.36. The minimum atomic E-state index is -0.806. The number of amides is 1. The molecule has 3 aromatic heterocycles. The summed E-state index contributed by atoms with van der Waals surface area (Å²) in [4.78, 5) is 54.8. The number of aliphatic hydroxyl groups is 1. The molecule has 15 nitrogen and oxygen atoms in total. The van der Waals surface area contributed by atoms with Gasteiger partial charge in [-0.05, 0) is 50.5 Å². The molecule has 5 heterocycles. The van der Waals surface area contributed by atoms with E-state index in [-0.39, 0.29) is 30.9 Å². The third kappa shape index (κ3) is 7.62. The lowest BCUT2D eigenvalue weighted by molar-refractivity contribution is 0.0491. The van der Waals surface area contributed by atoms with Crippen LogP contribution in [0.15, 0.2) is 94.8 Å². The Hall–Kier alpha value is -6.22. The van der Waals surface area contributed by atoms with Crippen LogP contribution in [0.3, 0.4) is 0 Å². The lowest BCUT2D eigenvalue weighted by Gasteiger charge is -2.21. The molecule has 1 spiro atoms. The van der Waals surface area contributed by atoms with Gasteiger partial charge in [0.2, 0.25) is 5.90 Å². The standard InChI is InChI=1S/C39H42N8O7/c1-38(2,3)54-37(51)47-35(49)27-15-16-31(43-33(27)45(47)4)42-32-19-29(41-30(21-48)26-13-9-6-10-14-26)28(20-40-32)34-44-39(24-53-34)17-18-46(23-39)36(50)52-22-25-11-7-5-8-12-25/h5-16,19-20,30,48H,17-18,21-24H2,1-4H3,(H2,40,41,42,43)/t30-,39?/m1/s1. The summed E-state index contributed by atoms with van der Waals surface area (Å²) in [5.74, 6) is 1.13. The van der Waals surface area contributed by atoms with Gasteiger partial charge in [-0.2, -0.15) is 0 Å². The van der Waals surface area contributed by atoms with E-state index in [0.717, 1.165) is 15.8 Å². The maximum Gasteiger partial charge on any atom is 0.437 e. The Morgan fingerprint density at radius 3 is 2.48 bits per heavy atom. The first-order chi connectivity index (χ1) is 25.9. The normalized spacial score (nSPS) is 17.3. The quantitative estimate of drug-likeness (QED) is 0.178. The summed E-state index contributed by atoms with van der Waals surface area (Å²) in [6.07, 6.45) is 1.01. The van der Waals surface area contributed by atoms with Crippen LogP contribution in [0.4, 0.5) is 26.9 Å². The van der Waals surface area contributed by atoms with Gasteiger partial charge >= 0.3 is 12.2 Å². The van der Waals surface area contributed by atoms with Gasteiger partial charge in [-0.1, -0.05) is 60.7 Å². The Balaban J connectivity index is 1.15. The Morgan fingerprint density at radius 1 is 1.02 bits per heavy atom. The monoisotopic (exact) mass is 734 g/mol. The van der Waals surface area contributed by atoms with Gasteiger partial charge in [-0.3, -0.25) is 9.48 Å². The Kier molecular flexibility index (Phi) is 9.81. The Labute approximate surface area is 311 Å². The number of aryl methyl sites for hydroxylation is 1. The molecule has 1 saturated heterocycles. The van der Waals surface area contributed by atoms with Gasteiger partial charge < -0.3 is 34.9 Å². The van der Waals surface area contributed by atoms with E-state index in [0.29, 0.717) is 48.3 Å². The first-order valence-electron chi connectivity index (χ1n) is 17.6. The maximum absolute atomic E-state index is 13.1. The number of anilines is 3. The fraction of sp³-hybridized carbons (Fsp3) is 0.333. The second kappa shape index (κ2) is 14.7. The topological polar surface area (TPSA) is 174 Å². The van der Waals surface area contributed by atoms with Crippen molar-refractivity contribution < 1.29 is 28.9 Å². The van der Waals surface area contributed by atoms with E-state index >= 15 is 0 Å². The molecular formula is C39H42N8O7. The number of benzene rings is 2. The van der Waals surface area contributed by atoms with Crippen LogP contribution < -0.4 is 16.2 Å². The first-order valence-corrected chi connectivity index (χ1v) is 17.6. The number of aliphatic hydroxyl groups excluding tert-OH is 1. The van der Waals surface area contributed by atoms with E-state index in [1.165, 1.54) is 4.68 Å². The van der Waals surface area contributed by atoms with Crippen molar-refractivity contribution in [3.8, 4) is 0 Å². The van der Waals surface area contributed by atoms with Crippen LogP contribution in [0, 0.1) is 0 Å². The number of nitrogens with zero attached hydrogens (tertiary/aromatic N) is 6. The van der Waals surface area contributed by atoms with Crippen LogP contribution in [-0.4, -0.2) is 84.9 Å². The molecule has 54 heavy (non-hydrogen) atoms. The van der Waals surface area contributed by atoms with E-state index in [1.54, 1.807) is 57.1 Å². The van der Waals surface area contributed by atoms with E-state index in [9.17, 15) is 19.5 Å². The highest BCUT2D eigenvalue weighted by Gasteiger charge is 2.45. The number of carbonyl (C=O) groups is 2. The number of likely N-dealkylation sites (tertiary alicyclic amines) is 1. The van der Waals surface area contributed by atoms with Crippen LogP contribution >= 0.6 is 0 Å². The number of nitrogens with one attached hydrogen (secondary N) is 2.